The number of carbonyl (C=O) groups is 1. The summed E-state index contributed by atoms with van der Waals surface area (Å²) < 4.78 is 0. The molecule has 1 saturated carbocycles. The Hall–Kier alpha value is -2.16. The molecule has 1 aromatic heterocycles. The molecule has 0 unspecified atom stereocenters. The molecule has 3 rings (SSSR count). The predicted octanol–water partition coefficient (Wildman–Crippen LogP) is 2.78. The van der Waals surface area contributed by atoms with Gasteiger partial charge in [-0.15, -0.1) is 0 Å². The van der Waals surface area contributed by atoms with Crippen molar-refractivity contribution in [2.45, 2.75) is 31.6 Å². The molecule has 0 atom stereocenters. The molecular formula is C18H20N2O. The molecular weight excluding hydrogens is 260 g/mol. The van der Waals surface area contributed by atoms with Gasteiger partial charge >= 0.3 is 0 Å². The van der Waals surface area contributed by atoms with Crippen LogP contribution in [0.5, 0.6) is 0 Å². The minimum absolute atomic E-state index is 0.164. The second-order valence-corrected chi connectivity index (χ2v) is 5.82. The summed E-state index contributed by atoms with van der Waals surface area (Å²) in [6.45, 7) is 2.73. The van der Waals surface area contributed by atoms with E-state index in [-0.39, 0.29) is 11.3 Å². The predicted molar refractivity (Wildman–Crippen MR) is 83.0 cm³/mol. The first-order valence-corrected chi connectivity index (χ1v) is 7.45. The van der Waals surface area contributed by atoms with Gasteiger partial charge in [0.25, 0.3) is 0 Å². The number of nitrogens with one attached hydrogen (secondary N) is 1. The first kappa shape index (κ1) is 13.8. The Morgan fingerprint density at radius 3 is 2.81 bits per heavy atom. The molecule has 1 fully saturated rings. The summed E-state index contributed by atoms with van der Waals surface area (Å²) in [7, 11) is 0. The Labute approximate surface area is 125 Å². The van der Waals surface area contributed by atoms with Crippen LogP contribution in [-0.4, -0.2) is 17.4 Å². The van der Waals surface area contributed by atoms with E-state index in [1.165, 1.54) is 5.56 Å². The van der Waals surface area contributed by atoms with Crippen LogP contribution in [0.25, 0.3) is 0 Å². The summed E-state index contributed by atoms with van der Waals surface area (Å²) in [5.74, 6) is 0.164. The van der Waals surface area contributed by atoms with E-state index < -0.39 is 0 Å². The van der Waals surface area contributed by atoms with Crippen LogP contribution in [0.15, 0.2) is 48.8 Å². The maximum atomic E-state index is 12.5. The second kappa shape index (κ2) is 5.68. The maximum absolute atomic E-state index is 12.5. The van der Waals surface area contributed by atoms with E-state index in [0.717, 1.165) is 30.4 Å². The number of rotatable bonds is 5. The topological polar surface area (TPSA) is 42.0 Å². The van der Waals surface area contributed by atoms with Gasteiger partial charge in [-0.05, 0) is 43.4 Å². The number of aromatic nitrogens is 1. The van der Waals surface area contributed by atoms with E-state index in [1.54, 1.807) is 6.20 Å². The molecule has 3 nitrogen and oxygen atoms in total. The third-order valence-electron chi connectivity index (χ3n) is 4.18. The molecule has 1 amide bonds. The van der Waals surface area contributed by atoms with Gasteiger partial charge in [0.2, 0.25) is 5.91 Å². The van der Waals surface area contributed by atoms with Crippen molar-refractivity contribution in [2.75, 3.05) is 6.54 Å². The summed E-state index contributed by atoms with van der Waals surface area (Å²) in [6.07, 6.45) is 6.34. The number of aryl methyl sites for hydroxylation is 1. The summed E-state index contributed by atoms with van der Waals surface area (Å²) in [5.41, 5.74) is 3.24. The van der Waals surface area contributed by atoms with E-state index in [1.807, 2.05) is 24.4 Å². The lowest BCUT2D eigenvalue weighted by Crippen LogP contribution is -2.36. The standard InChI is InChI=1S/C18H20N2O/c1-14-4-2-6-16(12-14)18(8-9-18)17(21)20-11-7-15-5-3-10-19-13-15/h2-6,10,12-13H,7-9,11H2,1H3,(H,20,21). The normalized spacial score (nSPS) is 15.5. The minimum atomic E-state index is -0.277. The first-order valence-electron chi connectivity index (χ1n) is 7.45. The number of hydrogen-bond donors (Lipinski definition) is 1. The lowest BCUT2D eigenvalue weighted by Gasteiger charge is -2.16. The van der Waals surface area contributed by atoms with Crippen LogP contribution in [0.2, 0.25) is 0 Å². The zero-order valence-corrected chi connectivity index (χ0v) is 12.3. The van der Waals surface area contributed by atoms with Crippen molar-refractivity contribution in [3.05, 3.63) is 65.5 Å². The molecule has 1 aliphatic carbocycles. The van der Waals surface area contributed by atoms with Gasteiger partial charge in [-0.25, -0.2) is 0 Å². The molecule has 0 saturated heterocycles. The molecule has 0 radical (unpaired) electrons. The average molecular weight is 280 g/mol. The fourth-order valence-corrected chi connectivity index (χ4v) is 2.75. The number of hydrogen-bond acceptors (Lipinski definition) is 2. The fraction of sp³-hybridized carbons (Fsp3) is 0.333. The van der Waals surface area contributed by atoms with Gasteiger partial charge < -0.3 is 5.32 Å². The van der Waals surface area contributed by atoms with Crippen molar-refractivity contribution in [3.63, 3.8) is 0 Å². The quantitative estimate of drug-likeness (QED) is 0.915. The highest BCUT2D eigenvalue weighted by Gasteiger charge is 2.50. The van der Waals surface area contributed by atoms with Gasteiger partial charge in [0.15, 0.2) is 0 Å². The molecule has 3 heteroatoms. The van der Waals surface area contributed by atoms with Crippen molar-refractivity contribution < 1.29 is 4.79 Å². The Morgan fingerprint density at radius 1 is 1.29 bits per heavy atom. The van der Waals surface area contributed by atoms with Crippen molar-refractivity contribution in [3.8, 4) is 0 Å². The van der Waals surface area contributed by atoms with Crippen LogP contribution < -0.4 is 5.32 Å². The van der Waals surface area contributed by atoms with E-state index >= 15 is 0 Å². The minimum Gasteiger partial charge on any atom is -0.355 e. The zero-order valence-electron chi connectivity index (χ0n) is 12.3. The summed E-state index contributed by atoms with van der Waals surface area (Å²) in [6, 6.07) is 12.3. The maximum Gasteiger partial charge on any atom is 0.230 e. The van der Waals surface area contributed by atoms with Crippen LogP contribution >= 0.6 is 0 Å². The third-order valence-corrected chi connectivity index (χ3v) is 4.18. The number of carbonyl (C=O) groups excluding carboxylic acids is 1. The average Bonchev–Trinajstić information content (AvgIpc) is 3.30. The molecule has 1 aromatic carbocycles. The van der Waals surface area contributed by atoms with E-state index in [9.17, 15) is 4.79 Å². The van der Waals surface area contributed by atoms with Gasteiger partial charge in [0.05, 0.1) is 5.41 Å². The van der Waals surface area contributed by atoms with Crippen molar-refractivity contribution >= 4 is 5.91 Å². The number of nitrogens with zero attached hydrogens (tertiary/aromatic N) is 1. The highest BCUT2D eigenvalue weighted by molar-refractivity contribution is 5.91. The number of benzene rings is 1. The Kier molecular flexibility index (Phi) is 3.74. The lowest BCUT2D eigenvalue weighted by atomic mass is 9.93. The number of pyridine rings is 1. The van der Waals surface area contributed by atoms with Crippen LogP contribution in [-0.2, 0) is 16.6 Å². The number of amides is 1. The molecule has 0 aliphatic heterocycles. The van der Waals surface area contributed by atoms with E-state index in [4.69, 9.17) is 0 Å². The van der Waals surface area contributed by atoms with Crippen molar-refractivity contribution in [2.24, 2.45) is 0 Å². The lowest BCUT2D eigenvalue weighted by molar-refractivity contribution is -0.123. The molecule has 2 aromatic rings. The summed E-state index contributed by atoms with van der Waals surface area (Å²) >= 11 is 0. The summed E-state index contributed by atoms with van der Waals surface area (Å²) in [4.78, 5) is 16.6. The summed E-state index contributed by atoms with van der Waals surface area (Å²) in [5, 5.41) is 3.09. The Balaban J connectivity index is 1.60. The SMILES string of the molecule is Cc1cccc(C2(C(=O)NCCc3cccnc3)CC2)c1. The zero-order chi connectivity index (χ0) is 14.7. The molecule has 108 valence electrons. The highest BCUT2D eigenvalue weighted by atomic mass is 16.2. The van der Waals surface area contributed by atoms with Gasteiger partial charge in [-0.1, -0.05) is 35.9 Å². The fourth-order valence-electron chi connectivity index (χ4n) is 2.75. The van der Waals surface area contributed by atoms with E-state index in [0.29, 0.717) is 6.54 Å². The largest absolute Gasteiger partial charge is 0.355 e. The first-order chi connectivity index (χ1) is 10.2. The molecule has 1 N–H and O–H groups in total. The van der Waals surface area contributed by atoms with Crippen molar-refractivity contribution in [1.82, 2.24) is 10.3 Å². The third kappa shape index (κ3) is 2.97. The van der Waals surface area contributed by atoms with Gasteiger partial charge in [-0.2, -0.15) is 0 Å². The van der Waals surface area contributed by atoms with Crippen LogP contribution in [0.1, 0.15) is 29.5 Å². The molecule has 0 bridgehead atoms. The van der Waals surface area contributed by atoms with Gasteiger partial charge in [0, 0.05) is 18.9 Å². The Morgan fingerprint density at radius 2 is 2.14 bits per heavy atom. The van der Waals surface area contributed by atoms with Crippen molar-refractivity contribution in [1.29, 1.82) is 0 Å². The Bertz CT molecular complexity index is 633. The smallest absolute Gasteiger partial charge is 0.230 e. The highest BCUT2D eigenvalue weighted by Crippen LogP contribution is 2.48. The van der Waals surface area contributed by atoms with Gasteiger partial charge in [-0.3, -0.25) is 9.78 Å². The molecule has 1 aliphatic rings. The van der Waals surface area contributed by atoms with Gasteiger partial charge in [0.1, 0.15) is 0 Å². The monoisotopic (exact) mass is 280 g/mol. The van der Waals surface area contributed by atoms with Crippen LogP contribution in [0.4, 0.5) is 0 Å². The van der Waals surface area contributed by atoms with Crippen LogP contribution in [0.3, 0.4) is 0 Å². The van der Waals surface area contributed by atoms with E-state index in [2.05, 4.69) is 35.4 Å². The molecule has 0 spiro atoms. The van der Waals surface area contributed by atoms with Crippen LogP contribution in [0, 0.1) is 6.92 Å². The molecule has 1 heterocycles. The molecule has 21 heavy (non-hydrogen) atoms. The second-order valence-electron chi connectivity index (χ2n) is 5.82.